The first-order chi connectivity index (χ1) is 12.2. The summed E-state index contributed by atoms with van der Waals surface area (Å²) in [6.07, 6.45) is 10.0. The van der Waals surface area contributed by atoms with Crippen LogP contribution in [0.15, 0.2) is 30.6 Å². The van der Waals surface area contributed by atoms with Crippen molar-refractivity contribution < 1.29 is 9.59 Å². The van der Waals surface area contributed by atoms with Crippen molar-refractivity contribution in [1.29, 1.82) is 0 Å². The van der Waals surface area contributed by atoms with Crippen molar-refractivity contribution >= 4 is 17.9 Å². The topological polar surface area (TPSA) is 56.8 Å². The molecule has 2 amide bonds. The summed E-state index contributed by atoms with van der Waals surface area (Å²) in [4.78, 5) is 34.7. The molecule has 0 aliphatic carbocycles. The third-order valence-electron chi connectivity index (χ3n) is 4.82. The first-order valence-electron chi connectivity index (χ1n) is 9.09. The van der Waals surface area contributed by atoms with Gasteiger partial charge in [0.2, 0.25) is 11.8 Å². The van der Waals surface area contributed by atoms with Gasteiger partial charge in [-0.05, 0) is 37.0 Å². The average Bonchev–Trinajstić information content (AvgIpc) is 3.08. The third kappa shape index (κ3) is 5.13. The van der Waals surface area contributed by atoms with Crippen LogP contribution in [0, 0.1) is 0 Å². The minimum atomic E-state index is 0.0246. The fourth-order valence-corrected chi connectivity index (χ4v) is 3.35. The van der Waals surface area contributed by atoms with Crippen LogP contribution in [-0.4, -0.2) is 77.3 Å². The number of carbonyl (C=O) groups excluding carboxylic acids is 2. The van der Waals surface area contributed by atoms with Crippen molar-refractivity contribution in [1.82, 2.24) is 19.7 Å². The summed E-state index contributed by atoms with van der Waals surface area (Å²) >= 11 is 0. The number of carbonyl (C=O) groups is 2. The standard InChI is InChI=1S/C19H26N4O2/c24-18(7-6-17-5-3-8-20-15-17)23-12-4-9-21(13-14-23)16-19(25)22-10-1-2-11-22/h3,5-8,15H,1-2,4,9-14,16H2/b7-6+. The SMILES string of the molecule is O=C(/C=C/c1cccnc1)N1CCCN(CC(=O)N2CCCC2)CC1. The molecule has 0 N–H and O–H groups in total. The van der Waals surface area contributed by atoms with Gasteiger partial charge in [0.25, 0.3) is 0 Å². The van der Waals surface area contributed by atoms with Crippen LogP contribution in [0.4, 0.5) is 0 Å². The van der Waals surface area contributed by atoms with Gasteiger partial charge in [-0.25, -0.2) is 0 Å². The molecule has 0 atom stereocenters. The number of aromatic nitrogens is 1. The second-order valence-electron chi connectivity index (χ2n) is 6.66. The number of pyridine rings is 1. The number of amides is 2. The summed E-state index contributed by atoms with van der Waals surface area (Å²) in [6.45, 7) is 5.32. The van der Waals surface area contributed by atoms with Crippen molar-refractivity contribution in [2.75, 3.05) is 45.8 Å². The van der Waals surface area contributed by atoms with Crippen LogP contribution in [0.3, 0.4) is 0 Å². The van der Waals surface area contributed by atoms with Gasteiger partial charge < -0.3 is 9.80 Å². The Hall–Kier alpha value is -2.21. The first kappa shape index (κ1) is 17.6. The zero-order valence-corrected chi connectivity index (χ0v) is 14.6. The molecular weight excluding hydrogens is 316 g/mol. The molecule has 25 heavy (non-hydrogen) atoms. The lowest BCUT2D eigenvalue weighted by molar-refractivity contribution is -0.131. The zero-order valence-electron chi connectivity index (χ0n) is 14.6. The lowest BCUT2D eigenvalue weighted by Gasteiger charge is -2.23. The summed E-state index contributed by atoms with van der Waals surface area (Å²) in [5, 5.41) is 0. The second kappa shape index (κ2) is 8.76. The zero-order chi connectivity index (χ0) is 17.5. The Bertz CT molecular complexity index is 611. The number of rotatable bonds is 4. The normalized spacial score (nSPS) is 19.4. The van der Waals surface area contributed by atoms with E-state index in [4.69, 9.17) is 0 Å². The Morgan fingerprint density at radius 2 is 1.80 bits per heavy atom. The van der Waals surface area contributed by atoms with E-state index >= 15 is 0 Å². The second-order valence-corrected chi connectivity index (χ2v) is 6.66. The summed E-state index contributed by atoms with van der Waals surface area (Å²) in [6, 6.07) is 3.77. The van der Waals surface area contributed by atoms with Gasteiger partial charge in [-0.2, -0.15) is 0 Å². The Kier molecular flexibility index (Phi) is 6.17. The molecular formula is C19H26N4O2. The molecule has 1 aromatic rings. The van der Waals surface area contributed by atoms with Gasteiger partial charge >= 0.3 is 0 Å². The quantitative estimate of drug-likeness (QED) is 0.773. The van der Waals surface area contributed by atoms with Crippen molar-refractivity contribution in [2.45, 2.75) is 19.3 Å². The van der Waals surface area contributed by atoms with Crippen LogP contribution >= 0.6 is 0 Å². The van der Waals surface area contributed by atoms with Gasteiger partial charge in [-0.1, -0.05) is 6.07 Å². The molecule has 2 aliphatic heterocycles. The highest BCUT2D eigenvalue weighted by atomic mass is 16.2. The maximum Gasteiger partial charge on any atom is 0.246 e. The van der Waals surface area contributed by atoms with Crippen LogP contribution < -0.4 is 0 Å². The van der Waals surface area contributed by atoms with E-state index in [9.17, 15) is 9.59 Å². The molecule has 0 spiro atoms. The molecule has 0 unspecified atom stereocenters. The first-order valence-corrected chi connectivity index (χ1v) is 9.09. The Morgan fingerprint density at radius 1 is 1.00 bits per heavy atom. The minimum Gasteiger partial charge on any atom is -0.342 e. The Morgan fingerprint density at radius 3 is 2.56 bits per heavy atom. The predicted octanol–water partition coefficient (Wildman–Crippen LogP) is 1.25. The fourth-order valence-electron chi connectivity index (χ4n) is 3.35. The molecule has 6 heteroatoms. The smallest absolute Gasteiger partial charge is 0.246 e. The van der Waals surface area contributed by atoms with Gasteiger partial charge in [-0.3, -0.25) is 19.5 Å². The van der Waals surface area contributed by atoms with Crippen LogP contribution in [0.1, 0.15) is 24.8 Å². The molecule has 1 aromatic heterocycles. The molecule has 6 nitrogen and oxygen atoms in total. The van der Waals surface area contributed by atoms with E-state index in [2.05, 4.69) is 9.88 Å². The molecule has 0 bridgehead atoms. The molecule has 0 aromatic carbocycles. The van der Waals surface area contributed by atoms with Crippen molar-refractivity contribution in [3.05, 3.63) is 36.2 Å². The molecule has 3 rings (SSSR count). The molecule has 0 radical (unpaired) electrons. The number of nitrogens with zero attached hydrogens (tertiary/aromatic N) is 4. The van der Waals surface area contributed by atoms with Crippen molar-refractivity contribution in [3.8, 4) is 0 Å². The van der Waals surface area contributed by atoms with E-state index in [1.54, 1.807) is 24.5 Å². The van der Waals surface area contributed by atoms with E-state index in [0.29, 0.717) is 13.1 Å². The lowest BCUT2D eigenvalue weighted by atomic mass is 10.2. The highest BCUT2D eigenvalue weighted by Crippen LogP contribution is 2.10. The summed E-state index contributed by atoms with van der Waals surface area (Å²) in [5.74, 6) is 0.255. The van der Waals surface area contributed by atoms with E-state index in [0.717, 1.165) is 57.5 Å². The van der Waals surface area contributed by atoms with E-state index in [1.807, 2.05) is 21.9 Å². The molecule has 2 aliphatic rings. The van der Waals surface area contributed by atoms with Gasteiger partial charge in [0, 0.05) is 57.7 Å². The van der Waals surface area contributed by atoms with E-state index < -0.39 is 0 Å². The van der Waals surface area contributed by atoms with E-state index in [1.165, 1.54) is 0 Å². The molecule has 2 saturated heterocycles. The maximum absolute atomic E-state index is 12.4. The largest absolute Gasteiger partial charge is 0.342 e. The Balaban J connectivity index is 1.48. The lowest BCUT2D eigenvalue weighted by Crippen LogP contribution is -2.41. The van der Waals surface area contributed by atoms with Crippen molar-refractivity contribution in [3.63, 3.8) is 0 Å². The monoisotopic (exact) mass is 342 g/mol. The van der Waals surface area contributed by atoms with Crippen LogP contribution in [0.25, 0.3) is 6.08 Å². The number of likely N-dealkylation sites (tertiary alicyclic amines) is 1. The van der Waals surface area contributed by atoms with Gasteiger partial charge in [-0.15, -0.1) is 0 Å². The van der Waals surface area contributed by atoms with Crippen LogP contribution in [0.2, 0.25) is 0 Å². The maximum atomic E-state index is 12.4. The van der Waals surface area contributed by atoms with Crippen LogP contribution in [0.5, 0.6) is 0 Å². The van der Waals surface area contributed by atoms with E-state index in [-0.39, 0.29) is 11.8 Å². The van der Waals surface area contributed by atoms with Gasteiger partial charge in [0.1, 0.15) is 0 Å². The molecule has 3 heterocycles. The minimum absolute atomic E-state index is 0.0246. The molecule has 0 saturated carbocycles. The van der Waals surface area contributed by atoms with Gasteiger partial charge in [0.05, 0.1) is 6.54 Å². The van der Waals surface area contributed by atoms with Crippen molar-refractivity contribution in [2.24, 2.45) is 0 Å². The highest BCUT2D eigenvalue weighted by Gasteiger charge is 2.23. The average molecular weight is 342 g/mol. The Labute approximate surface area is 149 Å². The summed E-state index contributed by atoms with van der Waals surface area (Å²) < 4.78 is 0. The predicted molar refractivity (Wildman–Crippen MR) is 96.7 cm³/mol. The summed E-state index contributed by atoms with van der Waals surface area (Å²) in [5.41, 5.74) is 0.920. The fraction of sp³-hybridized carbons (Fsp3) is 0.526. The number of hydrogen-bond donors (Lipinski definition) is 0. The third-order valence-corrected chi connectivity index (χ3v) is 4.82. The molecule has 2 fully saturated rings. The number of hydrogen-bond acceptors (Lipinski definition) is 4. The van der Waals surface area contributed by atoms with Gasteiger partial charge in [0.15, 0.2) is 0 Å². The molecule has 134 valence electrons. The highest BCUT2D eigenvalue weighted by molar-refractivity contribution is 5.91. The van der Waals surface area contributed by atoms with Crippen LogP contribution in [-0.2, 0) is 9.59 Å². The summed E-state index contributed by atoms with van der Waals surface area (Å²) in [7, 11) is 0.